The third-order valence-corrected chi connectivity index (χ3v) is 5.15. The molecule has 3 saturated carbocycles. The molecule has 0 saturated heterocycles. The second kappa shape index (κ2) is 5.55. The van der Waals surface area contributed by atoms with Crippen molar-refractivity contribution in [3.63, 3.8) is 0 Å². The molecule has 0 radical (unpaired) electrons. The number of rotatable bonds is 4. The molecule has 3 aliphatic carbocycles. The minimum Gasteiger partial charge on any atom is -0.307 e. The van der Waals surface area contributed by atoms with E-state index in [1.807, 2.05) is 30.3 Å². The molecule has 0 spiro atoms. The van der Waals surface area contributed by atoms with Gasteiger partial charge in [-0.15, -0.1) is 0 Å². The molecule has 6 nitrogen and oxygen atoms in total. The number of amides is 1. The van der Waals surface area contributed by atoms with Gasteiger partial charge in [-0.1, -0.05) is 30.3 Å². The monoisotopic (exact) mass is 298 g/mol. The number of Topliss-reactive ketones (excluding diaryl/α,β-unsaturated/α-hetero) is 1. The number of azide groups is 1. The van der Waals surface area contributed by atoms with Crippen molar-refractivity contribution in [3.8, 4) is 0 Å². The lowest BCUT2D eigenvalue weighted by molar-refractivity contribution is -0.150. The Bertz CT molecular complexity index is 641. The molecule has 3 fully saturated rings. The van der Waals surface area contributed by atoms with Crippen molar-refractivity contribution >= 4 is 11.7 Å². The van der Waals surface area contributed by atoms with Crippen LogP contribution in [0.4, 0.5) is 0 Å². The van der Waals surface area contributed by atoms with E-state index in [1.54, 1.807) is 0 Å². The first-order valence-corrected chi connectivity index (χ1v) is 7.52. The highest BCUT2D eigenvalue weighted by molar-refractivity contribution is 6.08. The van der Waals surface area contributed by atoms with Gasteiger partial charge in [-0.3, -0.25) is 9.59 Å². The van der Waals surface area contributed by atoms with Crippen LogP contribution in [0.3, 0.4) is 0 Å². The van der Waals surface area contributed by atoms with Gasteiger partial charge in [0.1, 0.15) is 5.78 Å². The van der Waals surface area contributed by atoms with E-state index < -0.39 is 11.3 Å². The lowest BCUT2D eigenvalue weighted by Crippen LogP contribution is -2.60. The molecule has 1 amide bonds. The summed E-state index contributed by atoms with van der Waals surface area (Å²) in [6, 6.07) is 10.1. The number of hydrogen-bond donors (Lipinski definition) is 1. The minimum atomic E-state index is -1.05. The lowest BCUT2D eigenvalue weighted by Gasteiger charge is -2.51. The van der Waals surface area contributed by atoms with Crippen molar-refractivity contribution in [2.45, 2.75) is 44.2 Å². The largest absolute Gasteiger partial charge is 0.307 e. The van der Waals surface area contributed by atoms with Gasteiger partial charge in [0.2, 0.25) is 5.91 Å². The lowest BCUT2D eigenvalue weighted by atomic mass is 9.56. The first kappa shape index (κ1) is 14.8. The molecule has 0 aromatic heterocycles. The fraction of sp³-hybridized carbons (Fsp3) is 0.500. The van der Waals surface area contributed by atoms with Crippen molar-refractivity contribution in [3.05, 3.63) is 46.3 Å². The Morgan fingerprint density at radius 1 is 1.23 bits per heavy atom. The van der Waals surface area contributed by atoms with Gasteiger partial charge >= 0.3 is 0 Å². The topological polar surface area (TPSA) is 94.9 Å². The van der Waals surface area contributed by atoms with Gasteiger partial charge in [-0.05, 0) is 41.9 Å². The Morgan fingerprint density at radius 2 is 1.91 bits per heavy atom. The molecule has 1 N–H and O–H groups in total. The summed E-state index contributed by atoms with van der Waals surface area (Å²) in [5.41, 5.74) is 8.36. The zero-order valence-corrected chi connectivity index (χ0v) is 12.3. The maximum absolute atomic E-state index is 12.5. The van der Waals surface area contributed by atoms with E-state index in [4.69, 9.17) is 5.53 Å². The van der Waals surface area contributed by atoms with Crippen LogP contribution in [0.25, 0.3) is 10.4 Å². The summed E-state index contributed by atoms with van der Waals surface area (Å²) < 4.78 is 0. The molecular formula is C16H18N4O2. The third-order valence-electron chi connectivity index (χ3n) is 5.15. The maximum atomic E-state index is 12.5. The fourth-order valence-electron chi connectivity index (χ4n) is 3.68. The molecule has 6 heteroatoms. The molecule has 4 rings (SSSR count). The molecule has 22 heavy (non-hydrogen) atoms. The normalized spacial score (nSPS) is 29.9. The number of nitrogens with one attached hydrogen (secondary N) is 1. The SMILES string of the molecule is [N-]=[N+]=NC(=O)C12CCC(NCc3ccccc3)(CC1)CC2=O. The minimum absolute atomic E-state index is 0.0806. The van der Waals surface area contributed by atoms with Gasteiger partial charge in [-0.25, -0.2) is 0 Å². The van der Waals surface area contributed by atoms with Gasteiger partial charge in [0.05, 0.1) is 5.41 Å². The quantitative estimate of drug-likeness (QED) is 0.400. The maximum Gasteiger partial charge on any atom is 0.232 e. The molecule has 0 unspecified atom stereocenters. The van der Waals surface area contributed by atoms with Crippen LogP contribution in [-0.2, 0) is 16.1 Å². The number of benzene rings is 1. The van der Waals surface area contributed by atoms with Crippen molar-refractivity contribution < 1.29 is 9.59 Å². The number of fused-ring (bicyclic) bond motifs is 3. The average molecular weight is 298 g/mol. The predicted octanol–water partition coefficient (Wildman–Crippen LogP) is 2.89. The van der Waals surface area contributed by atoms with Crippen molar-refractivity contribution in [1.82, 2.24) is 5.32 Å². The summed E-state index contributed by atoms with van der Waals surface area (Å²) in [7, 11) is 0. The van der Waals surface area contributed by atoms with E-state index in [1.165, 1.54) is 5.56 Å². The molecular weight excluding hydrogens is 280 g/mol. The molecule has 0 aliphatic heterocycles. The van der Waals surface area contributed by atoms with E-state index in [0.29, 0.717) is 25.8 Å². The smallest absolute Gasteiger partial charge is 0.232 e. The van der Waals surface area contributed by atoms with Crippen molar-refractivity contribution in [2.75, 3.05) is 0 Å². The summed E-state index contributed by atoms with van der Waals surface area (Å²) in [6.45, 7) is 0.714. The standard InChI is InChI=1S/C16H18N4O2/c17-20-19-14(22)16-8-6-15(7-9-16,10-13(16)21)18-11-12-4-2-1-3-5-12/h1-5,18H,6-11H2. The molecule has 114 valence electrons. The summed E-state index contributed by atoms with van der Waals surface area (Å²) in [5.74, 6) is -0.681. The fourth-order valence-corrected chi connectivity index (χ4v) is 3.68. The number of hydrogen-bond acceptors (Lipinski definition) is 3. The first-order chi connectivity index (χ1) is 10.6. The van der Waals surface area contributed by atoms with Gasteiger partial charge in [0, 0.05) is 23.4 Å². The van der Waals surface area contributed by atoms with Crippen LogP contribution < -0.4 is 5.32 Å². The first-order valence-electron chi connectivity index (χ1n) is 7.52. The van der Waals surface area contributed by atoms with Crippen LogP contribution in [-0.4, -0.2) is 17.2 Å². The second-order valence-corrected chi connectivity index (χ2v) is 6.30. The third kappa shape index (κ3) is 2.40. The van der Waals surface area contributed by atoms with Crippen LogP contribution >= 0.6 is 0 Å². The van der Waals surface area contributed by atoms with Crippen molar-refractivity contribution in [1.29, 1.82) is 0 Å². The van der Waals surface area contributed by atoms with E-state index in [9.17, 15) is 9.59 Å². The van der Waals surface area contributed by atoms with Gasteiger partial charge in [0.15, 0.2) is 0 Å². The van der Waals surface area contributed by atoms with Crippen LogP contribution in [0.2, 0.25) is 0 Å². The van der Waals surface area contributed by atoms with E-state index >= 15 is 0 Å². The number of carbonyl (C=O) groups excluding carboxylic acids is 2. The Morgan fingerprint density at radius 3 is 2.50 bits per heavy atom. The molecule has 1 aromatic carbocycles. The van der Waals surface area contributed by atoms with E-state index in [-0.39, 0.29) is 11.3 Å². The summed E-state index contributed by atoms with van der Waals surface area (Å²) in [4.78, 5) is 27.0. The summed E-state index contributed by atoms with van der Waals surface area (Å²) in [5, 5.41) is 6.71. The molecule has 0 atom stereocenters. The van der Waals surface area contributed by atoms with Crippen LogP contribution in [0.5, 0.6) is 0 Å². The highest BCUT2D eigenvalue weighted by Crippen LogP contribution is 2.50. The summed E-state index contributed by atoms with van der Waals surface area (Å²) >= 11 is 0. The zero-order valence-electron chi connectivity index (χ0n) is 12.3. The molecule has 1 aromatic rings. The number of nitrogens with zero attached hydrogens (tertiary/aromatic N) is 3. The second-order valence-electron chi connectivity index (χ2n) is 6.30. The van der Waals surface area contributed by atoms with Crippen LogP contribution in [0.1, 0.15) is 37.7 Å². The van der Waals surface area contributed by atoms with Gasteiger partial charge in [-0.2, -0.15) is 0 Å². The Hall–Kier alpha value is -2.17. The molecule has 2 bridgehead atoms. The number of carbonyl (C=O) groups is 2. The van der Waals surface area contributed by atoms with Crippen molar-refractivity contribution in [2.24, 2.45) is 10.5 Å². The van der Waals surface area contributed by atoms with Crippen LogP contribution in [0.15, 0.2) is 35.4 Å². The highest BCUT2D eigenvalue weighted by Gasteiger charge is 2.57. The Kier molecular flexibility index (Phi) is 3.72. The highest BCUT2D eigenvalue weighted by atomic mass is 16.2. The molecule has 0 heterocycles. The summed E-state index contributed by atoms with van der Waals surface area (Å²) in [6.07, 6.45) is 2.82. The Balaban J connectivity index is 1.72. The zero-order chi connectivity index (χ0) is 15.6. The Labute approximate surface area is 128 Å². The van der Waals surface area contributed by atoms with E-state index in [2.05, 4.69) is 15.3 Å². The number of ketones is 1. The molecule has 3 aliphatic rings. The van der Waals surface area contributed by atoms with E-state index in [0.717, 1.165) is 12.8 Å². The van der Waals surface area contributed by atoms with Gasteiger partial charge < -0.3 is 5.32 Å². The average Bonchev–Trinajstić information content (AvgIpc) is 2.55. The van der Waals surface area contributed by atoms with Crippen LogP contribution in [0, 0.1) is 5.41 Å². The van der Waals surface area contributed by atoms with Gasteiger partial charge in [0.25, 0.3) is 0 Å². The predicted molar refractivity (Wildman–Crippen MR) is 80.7 cm³/mol.